The van der Waals surface area contributed by atoms with E-state index in [1.807, 2.05) is 30.4 Å². The molecule has 10 heteroatoms. The summed E-state index contributed by atoms with van der Waals surface area (Å²) in [6.45, 7) is 2.57. The second kappa shape index (κ2) is 10.8. The molecule has 0 aromatic heterocycles. The summed E-state index contributed by atoms with van der Waals surface area (Å²) in [7, 11) is 0. The lowest BCUT2D eigenvalue weighted by Gasteiger charge is -2.30. The van der Waals surface area contributed by atoms with Gasteiger partial charge in [-0.25, -0.2) is 9.38 Å². The fourth-order valence-corrected chi connectivity index (χ4v) is 4.48. The highest BCUT2D eigenvalue weighted by Gasteiger charge is 2.29. The first-order valence-electron chi connectivity index (χ1n) is 12.1. The van der Waals surface area contributed by atoms with E-state index in [0.29, 0.717) is 49.6 Å². The second-order valence-corrected chi connectivity index (χ2v) is 8.68. The third-order valence-electron chi connectivity index (χ3n) is 6.28. The zero-order valence-corrected chi connectivity index (χ0v) is 20.1. The first-order chi connectivity index (χ1) is 18.0. The summed E-state index contributed by atoms with van der Waals surface area (Å²) < 4.78 is 25.7. The molecule has 2 aliphatic heterocycles. The molecule has 0 saturated carbocycles. The van der Waals surface area contributed by atoms with Crippen molar-refractivity contribution in [3.63, 3.8) is 0 Å². The van der Waals surface area contributed by atoms with Gasteiger partial charge in [0.25, 0.3) is 11.9 Å². The summed E-state index contributed by atoms with van der Waals surface area (Å²) in [5.74, 6) is -1.43. The molecule has 190 valence electrons. The maximum Gasteiger partial charge on any atom is 0.291 e. The normalized spacial score (nSPS) is 19.8. The van der Waals surface area contributed by atoms with Crippen LogP contribution in [0.4, 0.5) is 15.8 Å². The largest absolute Gasteiger partial charge is 0.407 e. The zero-order chi connectivity index (χ0) is 25.8. The van der Waals surface area contributed by atoms with Crippen LogP contribution >= 0.6 is 0 Å². The van der Waals surface area contributed by atoms with Crippen molar-refractivity contribution in [3.05, 3.63) is 83.2 Å². The third-order valence-corrected chi connectivity index (χ3v) is 6.28. The van der Waals surface area contributed by atoms with E-state index < -0.39 is 23.9 Å². The fourth-order valence-electron chi connectivity index (χ4n) is 4.48. The van der Waals surface area contributed by atoms with Gasteiger partial charge in [-0.3, -0.25) is 10.2 Å². The van der Waals surface area contributed by atoms with E-state index in [1.165, 1.54) is 6.07 Å². The molecule has 1 aliphatic carbocycles. The van der Waals surface area contributed by atoms with Crippen LogP contribution in [0.3, 0.4) is 0 Å². The van der Waals surface area contributed by atoms with Crippen LogP contribution in [0.2, 0.25) is 0 Å². The number of carbonyl (C=O) groups excluding carboxylic acids is 1. The highest BCUT2D eigenvalue weighted by molar-refractivity contribution is 6.20. The lowest BCUT2D eigenvalue weighted by atomic mass is 9.94. The number of halogens is 1. The number of benzodiazepines with no additional fused rings is 1. The van der Waals surface area contributed by atoms with Crippen molar-refractivity contribution in [2.45, 2.75) is 19.0 Å². The zero-order valence-electron chi connectivity index (χ0n) is 20.1. The number of benzene rings is 2. The van der Waals surface area contributed by atoms with Gasteiger partial charge in [-0.1, -0.05) is 42.5 Å². The Kier molecular flexibility index (Phi) is 7.09. The van der Waals surface area contributed by atoms with Crippen molar-refractivity contribution >= 4 is 34.9 Å². The highest BCUT2D eigenvalue weighted by Crippen LogP contribution is 2.29. The lowest BCUT2D eigenvalue weighted by Crippen LogP contribution is -2.37. The number of nitrogens with one attached hydrogen (secondary N) is 2. The Morgan fingerprint density at radius 3 is 2.81 bits per heavy atom. The molecule has 37 heavy (non-hydrogen) atoms. The van der Waals surface area contributed by atoms with Crippen LogP contribution < -0.4 is 16.0 Å². The lowest BCUT2D eigenvalue weighted by molar-refractivity contribution is -0.117. The number of rotatable bonds is 4. The molecule has 9 nitrogen and oxygen atoms in total. The van der Waals surface area contributed by atoms with Crippen molar-refractivity contribution in [2.75, 3.05) is 36.5 Å². The number of carbonyl (C=O) groups is 1. The first kappa shape index (κ1) is 24.4. The van der Waals surface area contributed by atoms with Gasteiger partial charge < -0.3 is 25.4 Å². The number of amidine groups is 1. The maximum absolute atomic E-state index is 14.7. The number of fused-ring (bicyclic) bond motifs is 1. The molecule has 0 bridgehead atoms. The van der Waals surface area contributed by atoms with Gasteiger partial charge in [-0.2, -0.15) is 4.99 Å². The number of anilines is 2. The SMILES string of the molecule is N=C(OC(N)=NC1N=C(C2=CC=CCC2)c2cccc(F)c2NC1=O)c1ccccc1N1CCOCC1. The number of para-hydroxylation sites is 2. The Balaban J connectivity index is 1.43. The summed E-state index contributed by atoms with van der Waals surface area (Å²) in [5, 5.41) is 11.1. The summed E-state index contributed by atoms with van der Waals surface area (Å²) in [6.07, 6.45) is 5.99. The van der Waals surface area contributed by atoms with Gasteiger partial charge in [-0.15, -0.1) is 0 Å². The van der Waals surface area contributed by atoms with Gasteiger partial charge in [0.05, 0.1) is 30.2 Å². The number of hydrogen-bond donors (Lipinski definition) is 3. The number of morpholine rings is 1. The van der Waals surface area contributed by atoms with Crippen molar-refractivity contribution < 1.29 is 18.7 Å². The Bertz CT molecular complexity index is 1340. The molecule has 5 rings (SSSR count). The minimum atomic E-state index is -1.32. The van der Waals surface area contributed by atoms with Gasteiger partial charge in [0.15, 0.2) is 0 Å². The molecule has 3 aliphatic rings. The average Bonchev–Trinajstić information content (AvgIpc) is 3.06. The van der Waals surface area contributed by atoms with Crippen LogP contribution in [0.25, 0.3) is 0 Å². The van der Waals surface area contributed by atoms with Crippen molar-refractivity contribution in [2.24, 2.45) is 15.7 Å². The molecule has 1 atom stereocenters. The Morgan fingerprint density at radius 2 is 2.03 bits per heavy atom. The number of ether oxygens (including phenoxy) is 2. The number of nitrogens with zero attached hydrogens (tertiary/aromatic N) is 3. The second-order valence-electron chi connectivity index (χ2n) is 8.68. The van der Waals surface area contributed by atoms with E-state index in [2.05, 4.69) is 20.2 Å². The Hall–Kier alpha value is -4.31. The Labute approximate surface area is 213 Å². The fraction of sp³-hybridized carbons (Fsp3) is 0.259. The van der Waals surface area contributed by atoms with Crippen LogP contribution in [-0.2, 0) is 14.3 Å². The van der Waals surface area contributed by atoms with Gasteiger partial charge >= 0.3 is 0 Å². The number of aliphatic imine (C=N–C) groups is 2. The van der Waals surface area contributed by atoms with Gasteiger partial charge in [0.1, 0.15) is 5.82 Å². The molecule has 1 saturated heterocycles. The average molecular weight is 503 g/mol. The van der Waals surface area contributed by atoms with E-state index in [0.717, 1.165) is 17.7 Å². The van der Waals surface area contributed by atoms with E-state index >= 15 is 0 Å². The van der Waals surface area contributed by atoms with Gasteiger partial charge in [0, 0.05) is 24.3 Å². The summed E-state index contributed by atoms with van der Waals surface area (Å²) in [5.41, 5.74) is 9.24. The molecular weight excluding hydrogens is 475 g/mol. The molecule has 0 spiro atoms. The minimum absolute atomic E-state index is 0.0473. The molecular formula is C27H27FN6O3. The Morgan fingerprint density at radius 1 is 1.22 bits per heavy atom. The number of amides is 1. The van der Waals surface area contributed by atoms with Crippen LogP contribution in [-0.4, -0.2) is 56.0 Å². The summed E-state index contributed by atoms with van der Waals surface area (Å²) in [4.78, 5) is 23.9. The van der Waals surface area contributed by atoms with Crippen LogP contribution in [0, 0.1) is 11.2 Å². The topological polar surface area (TPSA) is 125 Å². The van der Waals surface area contributed by atoms with Crippen molar-refractivity contribution in [3.8, 4) is 0 Å². The maximum atomic E-state index is 14.7. The molecule has 1 amide bonds. The third kappa shape index (κ3) is 5.29. The van der Waals surface area contributed by atoms with Crippen LogP contribution in [0.15, 0.2) is 76.3 Å². The molecule has 2 aromatic carbocycles. The van der Waals surface area contributed by atoms with Crippen LogP contribution in [0.5, 0.6) is 0 Å². The molecule has 2 aromatic rings. The van der Waals surface area contributed by atoms with E-state index in [1.54, 1.807) is 24.3 Å². The highest BCUT2D eigenvalue weighted by atomic mass is 19.1. The number of nitrogens with two attached hydrogens (primary N) is 1. The first-order valence-corrected chi connectivity index (χ1v) is 12.1. The van der Waals surface area contributed by atoms with E-state index in [-0.39, 0.29) is 11.6 Å². The molecule has 1 unspecified atom stereocenters. The van der Waals surface area contributed by atoms with Crippen LogP contribution in [0.1, 0.15) is 24.0 Å². The smallest absolute Gasteiger partial charge is 0.291 e. The standard InChI is InChI=1S/C27H27FN6O3/c28-20-11-6-10-19-22(17-7-2-1-3-8-17)31-25(26(35)32-23(19)20)33-27(30)37-24(29)18-9-4-5-12-21(18)34-13-15-36-16-14-34/h1-2,4-7,9-12,25,29H,3,8,13-16H2,(H2,30,33)(H,32,35). The van der Waals surface area contributed by atoms with E-state index in [4.69, 9.17) is 20.6 Å². The van der Waals surface area contributed by atoms with Crippen molar-refractivity contribution in [1.29, 1.82) is 5.41 Å². The van der Waals surface area contributed by atoms with E-state index in [9.17, 15) is 9.18 Å². The molecule has 0 radical (unpaired) electrons. The van der Waals surface area contributed by atoms with Crippen molar-refractivity contribution in [1.82, 2.24) is 0 Å². The quantitative estimate of drug-likeness (QED) is 0.437. The molecule has 2 heterocycles. The summed E-state index contributed by atoms with van der Waals surface area (Å²) >= 11 is 0. The number of allylic oxidation sites excluding steroid dienone is 4. The van der Waals surface area contributed by atoms with Gasteiger partial charge in [-0.05, 0) is 36.6 Å². The predicted molar refractivity (Wildman–Crippen MR) is 141 cm³/mol. The monoisotopic (exact) mass is 502 g/mol. The minimum Gasteiger partial charge on any atom is -0.407 e. The summed E-state index contributed by atoms with van der Waals surface area (Å²) in [6, 6.07) is 11.5. The predicted octanol–water partition coefficient (Wildman–Crippen LogP) is 3.36. The number of hydrogen-bond acceptors (Lipinski definition) is 7. The molecule has 4 N–H and O–H groups in total. The van der Waals surface area contributed by atoms with Gasteiger partial charge in [0.2, 0.25) is 12.1 Å². The molecule has 1 fully saturated rings.